The van der Waals surface area contributed by atoms with Gasteiger partial charge in [-0.25, -0.2) is 0 Å². The molecule has 1 nitrogen and oxygen atoms in total. The van der Waals surface area contributed by atoms with Gasteiger partial charge in [-0.15, -0.1) is 11.3 Å². The number of hydrogen-bond donors (Lipinski definition) is 0. The van der Waals surface area contributed by atoms with E-state index in [4.69, 9.17) is 0 Å². The highest BCUT2D eigenvalue weighted by molar-refractivity contribution is 9.11. The molecule has 0 aliphatic rings. The largest absolute Gasteiger partial charge is 0.288 e. The second-order valence-corrected chi connectivity index (χ2v) is 6.28. The maximum atomic E-state index is 12.4. The Labute approximate surface area is 114 Å². The van der Waals surface area contributed by atoms with Crippen molar-refractivity contribution < 1.29 is 4.79 Å². The van der Waals surface area contributed by atoms with Gasteiger partial charge in [-0.05, 0) is 46.5 Å². The van der Waals surface area contributed by atoms with Crippen LogP contribution in [0.1, 0.15) is 33.3 Å². The monoisotopic (exact) mass is 308 g/mol. The molecule has 2 rings (SSSR count). The van der Waals surface area contributed by atoms with Crippen LogP contribution in [0, 0.1) is 6.92 Å². The van der Waals surface area contributed by atoms with Crippen molar-refractivity contribution in [2.24, 2.45) is 0 Å². The van der Waals surface area contributed by atoms with Crippen LogP contribution in [-0.2, 0) is 6.42 Å². The predicted molar refractivity (Wildman–Crippen MR) is 76.0 cm³/mol. The third-order valence-electron chi connectivity index (χ3n) is 2.72. The number of aryl methyl sites for hydroxylation is 2. The summed E-state index contributed by atoms with van der Waals surface area (Å²) in [6.07, 6.45) is 0.882. The Balaban J connectivity index is 2.43. The quantitative estimate of drug-likeness (QED) is 0.757. The van der Waals surface area contributed by atoms with Crippen LogP contribution in [0.3, 0.4) is 0 Å². The molecule has 0 radical (unpaired) electrons. The average Bonchev–Trinajstić information content (AvgIpc) is 2.68. The first-order valence-electron chi connectivity index (χ1n) is 5.52. The van der Waals surface area contributed by atoms with E-state index in [0.717, 1.165) is 31.8 Å². The fraction of sp³-hybridized carbons (Fsp3) is 0.214. The molecule has 3 heteroatoms. The SMILES string of the molecule is CCc1ccccc1C(=O)c1cc(C)c(Br)s1. The molecule has 0 fully saturated rings. The van der Waals surface area contributed by atoms with Crippen molar-refractivity contribution in [2.75, 3.05) is 0 Å². The summed E-state index contributed by atoms with van der Waals surface area (Å²) in [5.41, 5.74) is 3.05. The molecule has 0 N–H and O–H groups in total. The second-order valence-electron chi connectivity index (χ2n) is 3.91. The summed E-state index contributed by atoms with van der Waals surface area (Å²) in [4.78, 5) is 13.2. The van der Waals surface area contributed by atoms with E-state index in [0.29, 0.717) is 0 Å². The van der Waals surface area contributed by atoms with Gasteiger partial charge in [0.1, 0.15) is 0 Å². The lowest BCUT2D eigenvalue weighted by Gasteiger charge is -2.04. The standard InChI is InChI=1S/C14H13BrOS/c1-3-10-6-4-5-7-11(10)13(16)12-8-9(2)14(15)17-12/h4-8H,3H2,1-2H3. The number of hydrogen-bond acceptors (Lipinski definition) is 2. The molecule has 1 aromatic carbocycles. The van der Waals surface area contributed by atoms with Crippen LogP contribution >= 0.6 is 27.3 Å². The minimum absolute atomic E-state index is 0.126. The number of ketones is 1. The first-order chi connectivity index (χ1) is 8.13. The number of carbonyl (C=O) groups is 1. The van der Waals surface area contributed by atoms with E-state index in [1.54, 1.807) is 0 Å². The Hall–Kier alpha value is -0.930. The molecule has 2 aromatic rings. The molecule has 0 spiro atoms. The molecule has 1 aromatic heterocycles. The zero-order valence-electron chi connectivity index (χ0n) is 9.79. The minimum Gasteiger partial charge on any atom is -0.288 e. The van der Waals surface area contributed by atoms with Gasteiger partial charge in [0.05, 0.1) is 8.66 Å². The van der Waals surface area contributed by atoms with Gasteiger partial charge >= 0.3 is 0 Å². The lowest BCUT2D eigenvalue weighted by molar-refractivity contribution is 0.104. The lowest BCUT2D eigenvalue weighted by Crippen LogP contribution is -2.02. The predicted octanol–water partition coefficient (Wildman–Crippen LogP) is 4.61. The fourth-order valence-corrected chi connectivity index (χ4v) is 3.24. The highest BCUT2D eigenvalue weighted by Gasteiger charge is 2.15. The van der Waals surface area contributed by atoms with Crippen molar-refractivity contribution >= 4 is 33.0 Å². The summed E-state index contributed by atoms with van der Waals surface area (Å²) in [7, 11) is 0. The Morgan fingerprint density at radius 1 is 1.35 bits per heavy atom. The Bertz CT molecular complexity index is 538. The van der Waals surface area contributed by atoms with E-state index in [9.17, 15) is 4.79 Å². The van der Waals surface area contributed by atoms with Gasteiger partial charge < -0.3 is 0 Å². The van der Waals surface area contributed by atoms with Crippen LogP contribution in [0.25, 0.3) is 0 Å². The molecular formula is C14H13BrOS. The van der Waals surface area contributed by atoms with Gasteiger partial charge in [0, 0.05) is 5.56 Å². The van der Waals surface area contributed by atoms with E-state index in [1.165, 1.54) is 11.3 Å². The second kappa shape index (κ2) is 5.15. The van der Waals surface area contributed by atoms with E-state index in [1.807, 2.05) is 37.3 Å². The van der Waals surface area contributed by atoms with Gasteiger partial charge in [0.2, 0.25) is 5.78 Å². The first kappa shape index (κ1) is 12.5. The molecule has 88 valence electrons. The Morgan fingerprint density at radius 3 is 2.65 bits per heavy atom. The molecule has 0 amide bonds. The van der Waals surface area contributed by atoms with Crippen LogP contribution in [0.5, 0.6) is 0 Å². The smallest absolute Gasteiger partial charge is 0.203 e. The van der Waals surface area contributed by atoms with Gasteiger partial charge in [-0.3, -0.25) is 4.79 Å². The first-order valence-corrected chi connectivity index (χ1v) is 7.13. The molecule has 0 atom stereocenters. The molecule has 0 unspecified atom stereocenters. The molecule has 17 heavy (non-hydrogen) atoms. The Morgan fingerprint density at radius 2 is 2.06 bits per heavy atom. The van der Waals surface area contributed by atoms with Crippen LogP contribution in [-0.4, -0.2) is 5.78 Å². The van der Waals surface area contributed by atoms with E-state index in [2.05, 4.69) is 22.9 Å². The van der Waals surface area contributed by atoms with Crippen LogP contribution < -0.4 is 0 Å². The third kappa shape index (κ3) is 2.50. The van der Waals surface area contributed by atoms with E-state index >= 15 is 0 Å². The topological polar surface area (TPSA) is 17.1 Å². The maximum absolute atomic E-state index is 12.4. The Kier molecular flexibility index (Phi) is 3.79. The minimum atomic E-state index is 0.126. The number of rotatable bonds is 3. The molecule has 0 bridgehead atoms. The summed E-state index contributed by atoms with van der Waals surface area (Å²) in [5.74, 6) is 0.126. The third-order valence-corrected chi connectivity index (χ3v) is 4.86. The van der Waals surface area contributed by atoms with Crippen molar-refractivity contribution in [1.82, 2.24) is 0 Å². The zero-order chi connectivity index (χ0) is 12.4. The highest BCUT2D eigenvalue weighted by atomic mass is 79.9. The van der Waals surface area contributed by atoms with Gasteiger partial charge in [0.15, 0.2) is 0 Å². The van der Waals surface area contributed by atoms with Gasteiger partial charge in [-0.2, -0.15) is 0 Å². The van der Waals surface area contributed by atoms with Gasteiger partial charge in [-0.1, -0.05) is 31.2 Å². The molecule has 1 heterocycles. The number of halogens is 1. The fourth-order valence-electron chi connectivity index (χ4n) is 1.75. The molecule has 0 saturated carbocycles. The summed E-state index contributed by atoms with van der Waals surface area (Å²) in [6, 6.07) is 9.77. The van der Waals surface area contributed by atoms with Gasteiger partial charge in [0.25, 0.3) is 0 Å². The summed E-state index contributed by atoms with van der Waals surface area (Å²) in [6.45, 7) is 4.07. The normalized spacial score (nSPS) is 10.5. The van der Waals surface area contributed by atoms with Crippen LogP contribution in [0.2, 0.25) is 0 Å². The summed E-state index contributed by atoms with van der Waals surface area (Å²) in [5, 5.41) is 0. The molecule has 0 saturated heterocycles. The van der Waals surface area contributed by atoms with Crippen molar-refractivity contribution in [3.63, 3.8) is 0 Å². The van der Waals surface area contributed by atoms with E-state index < -0.39 is 0 Å². The zero-order valence-corrected chi connectivity index (χ0v) is 12.2. The van der Waals surface area contributed by atoms with Crippen molar-refractivity contribution in [2.45, 2.75) is 20.3 Å². The van der Waals surface area contributed by atoms with Crippen molar-refractivity contribution in [3.8, 4) is 0 Å². The maximum Gasteiger partial charge on any atom is 0.203 e. The average molecular weight is 309 g/mol. The highest BCUT2D eigenvalue weighted by Crippen LogP contribution is 2.29. The summed E-state index contributed by atoms with van der Waals surface area (Å²) >= 11 is 4.96. The lowest BCUT2D eigenvalue weighted by atomic mass is 10.0. The summed E-state index contributed by atoms with van der Waals surface area (Å²) < 4.78 is 1.04. The number of benzene rings is 1. The molecule has 0 aliphatic carbocycles. The van der Waals surface area contributed by atoms with E-state index in [-0.39, 0.29) is 5.78 Å². The number of thiophene rings is 1. The van der Waals surface area contributed by atoms with Crippen LogP contribution in [0.4, 0.5) is 0 Å². The molecular weight excluding hydrogens is 296 g/mol. The van der Waals surface area contributed by atoms with Crippen molar-refractivity contribution in [3.05, 3.63) is 55.7 Å². The molecule has 0 aliphatic heterocycles. The van der Waals surface area contributed by atoms with Crippen LogP contribution in [0.15, 0.2) is 34.1 Å². The van der Waals surface area contributed by atoms with Crippen molar-refractivity contribution in [1.29, 1.82) is 0 Å². The number of carbonyl (C=O) groups excluding carboxylic acids is 1.